The van der Waals surface area contributed by atoms with Crippen molar-refractivity contribution in [3.05, 3.63) is 57.2 Å². The van der Waals surface area contributed by atoms with Gasteiger partial charge in [0.25, 0.3) is 0 Å². The first-order chi connectivity index (χ1) is 9.11. The number of carbonyl (C=O) groups is 1. The molecule has 1 N–H and O–H groups in total. The van der Waals surface area contributed by atoms with Crippen LogP contribution in [-0.2, 0) is 4.74 Å². The molecule has 3 nitrogen and oxygen atoms in total. The number of aryl methyl sites for hydroxylation is 1. The van der Waals surface area contributed by atoms with Crippen molar-refractivity contribution in [1.29, 1.82) is 0 Å². The molecule has 2 rings (SSSR count). The molecule has 0 aromatic heterocycles. The molecule has 4 heteroatoms. The number of methoxy groups -OCH3 is 1. The first kappa shape index (κ1) is 13.9. The van der Waals surface area contributed by atoms with Crippen LogP contribution in [-0.4, -0.2) is 13.1 Å². The van der Waals surface area contributed by atoms with Gasteiger partial charge in [0, 0.05) is 9.26 Å². The predicted molar refractivity (Wildman–Crippen MR) is 85.0 cm³/mol. The van der Waals surface area contributed by atoms with Crippen LogP contribution in [0.15, 0.2) is 42.5 Å². The SMILES string of the molecule is COC(=O)c1ccccc1Nc1ccc(I)cc1C. The normalized spacial score (nSPS) is 10.1. The van der Waals surface area contributed by atoms with Gasteiger partial charge in [-0.3, -0.25) is 0 Å². The highest BCUT2D eigenvalue weighted by Gasteiger charge is 2.11. The molecule has 98 valence electrons. The lowest BCUT2D eigenvalue weighted by Crippen LogP contribution is -2.05. The molecule has 0 radical (unpaired) electrons. The monoisotopic (exact) mass is 367 g/mol. The van der Waals surface area contributed by atoms with Crippen molar-refractivity contribution in [3.63, 3.8) is 0 Å². The number of carbonyl (C=O) groups excluding carboxylic acids is 1. The molecule has 19 heavy (non-hydrogen) atoms. The van der Waals surface area contributed by atoms with Gasteiger partial charge in [-0.05, 0) is 65.4 Å². The van der Waals surface area contributed by atoms with E-state index in [-0.39, 0.29) is 5.97 Å². The van der Waals surface area contributed by atoms with Gasteiger partial charge in [-0.15, -0.1) is 0 Å². The quantitative estimate of drug-likeness (QED) is 0.655. The standard InChI is InChI=1S/C15H14INO2/c1-10-9-11(16)7-8-13(10)17-14-6-4-3-5-12(14)15(18)19-2/h3-9,17H,1-2H3. The summed E-state index contributed by atoms with van der Waals surface area (Å²) in [4.78, 5) is 11.7. The minimum absolute atomic E-state index is 0.341. The molecule has 0 atom stereocenters. The zero-order valence-electron chi connectivity index (χ0n) is 10.7. The highest BCUT2D eigenvalue weighted by molar-refractivity contribution is 14.1. The van der Waals surface area contributed by atoms with E-state index in [1.807, 2.05) is 37.3 Å². The summed E-state index contributed by atoms with van der Waals surface area (Å²) in [6.07, 6.45) is 0. The minimum atomic E-state index is -0.341. The predicted octanol–water partition coefficient (Wildman–Crippen LogP) is 4.13. The lowest BCUT2D eigenvalue weighted by molar-refractivity contribution is 0.0602. The molecule has 0 aliphatic carbocycles. The minimum Gasteiger partial charge on any atom is -0.465 e. The summed E-state index contributed by atoms with van der Waals surface area (Å²) in [6.45, 7) is 2.03. The van der Waals surface area contributed by atoms with Gasteiger partial charge in [-0.25, -0.2) is 4.79 Å². The number of ether oxygens (including phenoxy) is 1. The summed E-state index contributed by atoms with van der Waals surface area (Å²) in [7, 11) is 1.38. The number of nitrogens with one attached hydrogen (secondary N) is 1. The van der Waals surface area contributed by atoms with Gasteiger partial charge in [0.15, 0.2) is 0 Å². The first-order valence-electron chi connectivity index (χ1n) is 5.82. The Morgan fingerprint density at radius 1 is 1.16 bits per heavy atom. The van der Waals surface area contributed by atoms with Crippen molar-refractivity contribution in [2.75, 3.05) is 12.4 Å². The molecule has 0 saturated carbocycles. The molecule has 2 aromatic carbocycles. The molecular formula is C15H14INO2. The van der Waals surface area contributed by atoms with Crippen LogP contribution in [0.1, 0.15) is 15.9 Å². The van der Waals surface area contributed by atoms with Gasteiger partial charge in [0.2, 0.25) is 0 Å². The largest absolute Gasteiger partial charge is 0.465 e. The van der Waals surface area contributed by atoms with E-state index in [9.17, 15) is 4.79 Å². The fraction of sp³-hybridized carbons (Fsp3) is 0.133. The fourth-order valence-corrected chi connectivity index (χ4v) is 2.44. The molecule has 0 aliphatic rings. The number of anilines is 2. The molecule has 0 aliphatic heterocycles. The molecule has 0 fully saturated rings. The second-order valence-corrected chi connectivity index (χ2v) is 5.37. The number of rotatable bonds is 3. The van der Waals surface area contributed by atoms with Gasteiger partial charge in [0.05, 0.1) is 18.4 Å². The van der Waals surface area contributed by atoms with Crippen LogP contribution in [0, 0.1) is 10.5 Å². The second kappa shape index (κ2) is 6.06. The Morgan fingerprint density at radius 2 is 1.89 bits per heavy atom. The summed E-state index contributed by atoms with van der Waals surface area (Å²) in [5.74, 6) is -0.341. The second-order valence-electron chi connectivity index (χ2n) is 4.12. The average molecular weight is 367 g/mol. The van der Waals surface area contributed by atoms with E-state index in [0.717, 1.165) is 16.9 Å². The van der Waals surface area contributed by atoms with Crippen molar-refractivity contribution in [2.45, 2.75) is 6.92 Å². The summed E-state index contributed by atoms with van der Waals surface area (Å²) >= 11 is 2.27. The average Bonchev–Trinajstić information content (AvgIpc) is 2.41. The van der Waals surface area contributed by atoms with Crippen molar-refractivity contribution in [3.8, 4) is 0 Å². The summed E-state index contributed by atoms with van der Waals surface area (Å²) in [5.41, 5.74) is 3.39. The zero-order chi connectivity index (χ0) is 13.8. The van der Waals surface area contributed by atoms with E-state index in [1.165, 1.54) is 10.7 Å². The van der Waals surface area contributed by atoms with Crippen LogP contribution >= 0.6 is 22.6 Å². The van der Waals surface area contributed by atoms with Gasteiger partial charge in [0.1, 0.15) is 0 Å². The van der Waals surface area contributed by atoms with E-state index in [4.69, 9.17) is 4.74 Å². The first-order valence-corrected chi connectivity index (χ1v) is 6.90. The van der Waals surface area contributed by atoms with Crippen LogP contribution in [0.2, 0.25) is 0 Å². The lowest BCUT2D eigenvalue weighted by atomic mass is 10.1. The molecule has 0 heterocycles. The van der Waals surface area contributed by atoms with Gasteiger partial charge in [-0.1, -0.05) is 12.1 Å². The van der Waals surface area contributed by atoms with Crippen LogP contribution in [0.3, 0.4) is 0 Å². The van der Waals surface area contributed by atoms with Crippen LogP contribution in [0.5, 0.6) is 0 Å². The Kier molecular flexibility index (Phi) is 4.42. The Morgan fingerprint density at radius 3 is 2.58 bits per heavy atom. The molecular weight excluding hydrogens is 353 g/mol. The van der Waals surface area contributed by atoms with E-state index in [2.05, 4.69) is 34.0 Å². The van der Waals surface area contributed by atoms with E-state index >= 15 is 0 Å². The van der Waals surface area contributed by atoms with Crippen LogP contribution < -0.4 is 5.32 Å². The smallest absolute Gasteiger partial charge is 0.339 e. The zero-order valence-corrected chi connectivity index (χ0v) is 12.9. The molecule has 0 amide bonds. The maximum atomic E-state index is 11.7. The maximum absolute atomic E-state index is 11.7. The third kappa shape index (κ3) is 3.26. The number of hydrogen-bond donors (Lipinski definition) is 1. The molecule has 0 bridgehead atoms. The Hall–Kier alpha value is -1.56. The van der Waals surface area contributed by atoms with Crippen LogP contribution in [0.4, 0.5) is 11.4 Å². The fourth-order valence-electron chi connectivity index (χ4n) is 1.79. The summed E-state index contributed by atoms with van der Waals surface area (Å²) in [5, 5.41) is 3.28. The van der Waals surface area contributed by atoms with E-state index < -0.39 is 0 Å². The van der Waals surface area contributed by atoms with E-state index in [1.54, 1.807) is 6.07 Å². The van der Waals surface area contributed by atoms with Crippen molar-refractivity contribution in [1.82, 2.24) is 0 Å². The number of esters is 1. The Balaban J connectivity index is 2.35. The van der Waals surface area contributed by atoms with Crippen LogP contribution in [0.25, 0.3) is 0 Å². The number of para-hydroxylation sites is 1. The van der Waals surface area contributed by atoms with Gasteiger partial charge in [-0.2, -0.15) is 0 Å². The van der Waals surface area contributed by atoms with Crippen molar-refractivity contribution >= 4 is 39.9 Å². The third-order valence-corrected chi connectivity index (χ3v) is 3.46. The molecule has 0 spiro atoms. The summed E-state index contributed by atoms with van der Waals surface area (Å²) in [6, 6.07) is 13.4. The maximum Gasteiger partial charge on any atom is 0.339 e. The third-order valence-electron chi connectivity index (χ3n) is 2.79. The molecule has 0 unspecified atom stereocenters. The topological polar surface area (TPSA) is 38.3 Å². The van der Waals surface area contributed by atoms with Crippen molar-refractivity contribution < 1.29 is 9.53 Å². The molecule has 0 saturated heterocycles. The number of hydrogen-bond acceptors (Lipinski definition) is 3. The van der Waals surface area contributed by atoms with Crippen molar-refractivity contribution in [2.24, 2.45) is 0 Å². The Labute approximate surface area is 126 Å². The van der Waals surface area contributed by atoms with Gasteiger partial charge >= 0.3 is 5.97 Å². The highest BCUT2D eigenvalue weighted by atomic mass is 127. The number of benzene rings is 2. The number of halogens is 1. The molecule has 2 aromatic rings. The summed E-state index contributed by atoms with van der Waals surface area (Å²) < 4.78 is 5.97. The van der Waals surface area contributed by atoms with Gasteiger partial charge < -0.3 is 10.1 Å². The lowest BCUT2D eigenvalue weighted by Gasteiger charge is -2.13. The highest BCUT2D eigenvalue weighted by Crippen LogP contribution is 2.25. The Bertz CT molecular complexity index is 611. The van der Waals surface area contributed by atoms with E-state index in [0.29, 0.717) is 5.56 Å².